The Balaban J connectivity index is 1.93. The number of piperazine rings is 1. The number of carbonyl (C=O) groups is 1. The molecule has 0 bridgehead atoms. The molecule has 0 saturated carbocycles. The van der Waals surface area contributed by atoms with Gasteiger partial charge in [0.15, 0.2) is 0 Å². The van der Waals surface area contributed by atoms with Crippen molar-refractivity contribution >= 4 is 27.2 Å². The van der Waals surface area contributed by atoms with Crippen molar-refractivity contribution in [3.05, 3.63) is 11.1 Å². The van der Waals surface area contributed by atoms with Crippen LogP contribution in [0.1, 0.15) is 35.7 Å². The molecule has 25 heavy (non-hydrogen) atoms. The van der Waals surface area contributed by atoms with Crippen molar-refractivity contribution in [3.63, 3.8) is 0 Å². The minimum absolute atomic E-state index is 0.308. The van der Waals surface area contributed by atoms with E-state index in [1.807, 2.05) is 6.92 Å². The Hall–Kier alpha value is -1.31. The molecule has 3 rings (SSSR count). The molecule has 6 nitrogen and oxygen atoms in total. The van der Waals surface area contributed by atoms with E-state index in [1.165, 1.54) is 5.00 Å². The van der Waals surface area contributed by atoms with Gasteiger partial charge < -0.3 is 25.2 Å². The lowest BCUT2D eigenvalue weighted by atomic mass is 10.1. The van der Waals surface area contributed by atoms with E-state index in [0.717, 1.165) is 74.9 Å². The first-order chi connectivity index (χ1) is 12.0. The number of rotatable bonds is 5. The number of nitrogens with two attached hydrogens (primary N) is 1. The van der Waals surface area contributed by atoms with Crippen LogP contribution in [0.4, 0.5) is 10.0 Å². The molecule has 2 saturated heterocycles. The van der Waals surface area contributed by atoms with E-state index in [9.17, 15) is 4.79 Å². The Labute approximate surface area is 154 Å². The molecular formula is C18H30N4O2S. The van der Waals surface area contributed by atoms with Crippen LogP contribution in [0.5, 0.6) is 0 Å². The van der Waals surface area contributed by atoms with Gasteiger partial charge in [-0.15, -0.1) is 0 Å². The smallest absolute Gasteiger partial charge is 0.252 e. The van der Waals surface area contributed by atoms with Gasteiger partial charge in [-0.3, -0.25) is 4.79 Å². The molecule has 1 aromatic rings. The average Bonchev–Trinajstić information content (AvgIpc) is 2.95. The molecule has 1 aromatic heterocycles. The second-order valence-corrected chi connectivity index (χ2v) is 7.97. The highest BCUT2D eigenvalue weighted by molar-refractivity contribution is 7.20. The zero-order valence-electron chi connectivity index (χ0n) is 15.6. The Morgan fingerprint density at radius 1 is 1.28 bits per heavy atom. The van der Waals surface area contributed by atoms with Crippen molar-refractivity contribution in [2.45, 2.75) is 32.7 Å². The van der Waals surface area contributed by atoms with Gasteiger partial charge in [-0.25, -0.2) is 0 Å². The highest BCUT2D eigenvalue weighted by Crippen LogP contribution is 2.43. The van der Waals surface area contributed by atoms with Gasteiger partial charge in [0.2, 0.25) is 0 Å². The van der Waals surface area contributed by atoms with Crippen molar-refractivity contribution in [1.29, 1.82) is 0 Å². The molecule has 140 valence electrons. The molecule has 3 heterocycles. The molecule has 0 radical (unpaired) electrons. The number of hydrogen-bond acceptors (Lipinski definition) is 6. The zero-order valence-corrected chi connectivity index (χ0v) is 16.4. The SMILES string of the molecule is CCN(c1sc(N2CCN(C)CC2)c(C(N)=O)c1C)C1CCOCC1. The summed E-state index contributed by atoms with van der Waals surface area (Å²) in [6.07, 6.45) is 2.09. The van der Waals surface area contributed by atoms with Crippen molar-refractivity contribution in [2.75, 3.05) is 62.8 Å². The summed E-state index contributed by atoms with van der Waals surface area (Å²) in [5.74, 6) is -0.308. The number of thiophene rings is 1. The number of amides is 1. The Morgan fingerprint density at radius 2 is 1.92 bits per heavy atom. The monoisotopic (exact) mass is 366 g/mol. The van der Waals surface area contributed by atoms with Gasteiger partial charge >= 0.3 is 0 Å². The van der Waals surface area contributed by atoms with Gasteiger partial charge in [-0.05, 0) is 39.3 Å². The first kappa shape index (κ1) is 18.5. The molecule has 0 unspecified atom stereocenters. The van der Waals surface area contributed by atoms with Crippen molar-refractivity contribution in [3.8, 4) is 0 Å². The summed E-state index contributed by atoms with van der Waals surface area (Å²) >= 11 is 1.74. The molecule has 2 aliphatic rings. The van der Waals surface area contributed by atoms with Gasteiger partial charge in [0.25, 0.3) is 5.91 Å². The van der Waals surface area contributed by atoms with Crippen LogP contribution in [-0.2, 0) is 4.74 Å². The third-order valence-electron chi connectivity index (χ3n) is 5.37. The molecule has 7 heteroatoms. The fourth-order valence-corrected chi connectivity index (χ4v) is 5.35. The summed E-state index contributed by atoms with van der Waals surface area (Å²) in [4.78, 5) is 19.3. The van der Waals surface area contributed by atoms with Gasteiger partial charge in [-0.2, -0.15) is 0 Å². The number of carbonyl (C=O) groups excluding carboxylic acids is 1. The van der Waals surface area contributed by atoms with Crippen LogP contribution >= 0.6 is 11.3 Å². The van der Waals surface area contributed by atoms with Crippen LogP contribution in [-0.4, -0.2) is 69.8 Å². The summed E-state index contributed by atoms with van der Waals surface area (Å²) in [5.41, 5.74) is 7.53. The second-order valence-electron chi connectivity index (χ2n) is 7.00. The van der Waals surface area contributed by atoms with Gasteiger partial charge in [-0.1, -0.05) is 11.3 Å². The quantitative estimate of drug-likeness (QED) is 0.863. The van der Waals surface area contributed by atoms with Gasteiger partial charge in [0.05, 0.1) is 10.6 Å². The molecule has 0 aliphatic carbocycles. The number of primary amides is 1. The minimum atomic E-state index is -0.308. The number of ether oxygens (including phenoxy) is 1. The van der Waals surface area contributed by atoms with E-state index in [2.05, 4.69) is 28.7 Å². The first-order valence-electron chi connectivity index (χ1n) is 9.24. The summed E-state index contributed by atoms with van der Waals surface area (Å²) < 4.78 is 5.52. The highest BCUT2D eigenvalue weighted by atomic mass is 32.1. The van der Waals surface area contributed by atoms with Crippen molar-refractivity contribution in [2.24, 2.45) is 5.73 Å². The molecule has 1 amide bonds. The van der Waals surface area contributed by atoms with Crippen LogP contribution in [0.3, 0.4) is 0 Å². The Morgan fingerprint density at radius 3 is 2.48 bits per heavy atom. The van der Waals surface area contributed by atoms with Crippen LogP contribution in [0.2, 0.25) is 0 Å². The van der Waals surface area contributed by atoms with Crippen molar-refractivity contribution < 1.29 is 9.53 Å². The second kappa shape index (κ2) is 7.93. The van der Waals surface area contributed by atoms with Gasteiger partial charge in [0, 0.05) is 52.0 Å². The number of anilines is 2. The Bertz CT molecular complexity index is 604. The van der Waals surface area contributed by atoms with E-state index < -0.39 is 0 Å². The lowest BCUT2D eigenvalue weighted by Gasteiger charge is -2.35. The predicted octanol–water partition coefficient (Wildman–Crippen LogP) is 1.91. The Kier molecular flexibility index (Phi) is 5.86. The lowest BCUT2D eigenvalue weighted by Crippen LogP contribution is -2.44. The summed E-state index contributed by atoms with van der Waals surface area (Å²) in [6.45, 7) is 10.7. The van der Waals surface area contributed by atoms with Crippen LogP contribution in [0, 0.1) is 6.92 Å². The minimum Gasteiger partial charge on any atom is -0.381 e. The van der Waals surface area contributed by atoms with Crippen LogP contribution in [0.15, 0.2) is 0 Å². The number of likely N-dealkylation sites (N-methyl/N-ethyl adjacent to an activating group) is 1. The maximum Gasteiger partial charge on any atom is 0.252 e. The third-order valence-corrected chi connectivity index (χ3v) is 6.76. The van der Waals surface area contributed by atoms with E-state index >= 15 is 0 Å². The maximum absolute atomic E-state index is 12.2. The molecule has 2 N–H and O–H groups in total. The van der Waals surface area contributed by atoms with Gasteiger partial charge in [0.1, 0.15) is 5.00 Å². The molecule has 2 fully saturated rings. The molecule has 0 aromatic carbocycles. The van der Waals surface area contributed by atoms with E-state index in [-0.39, 0.29) is 5.91 Å². The fraction of sp³-hybridized carbons (Fsp3) is 0.722. The largest absolute Gasteiger partial charge is 0.381 e. The summed E-state index contributed by atoms with van der Waals surface area (Å²) in [6, 6.07) is 0.483. The first-order valence-corrected chi connectivity index (χ1v) is 10.1. The maximum atomic E-state index is 12.2. The fourth-order valence-electron chi connectivity index (χ4n) is 3.85. The van der Waals surface area contributed by atoms with E-state index in [0.29, 0.717) is 6.04 Å². The zero-order chi connectivity index (χ0) is 18.0. The number of hydrogen-bond donors (Lipinski definition) is 1. The molecular weight excluding hydrogens is 336 g/mol. The van der Waals surface area contributed by atoms with E-state index in [1.54, 1.807) is 11.3 Å². The third kappa shape index (κ3) is 3.78. The van der Waals surface area contributed by atoms with Crippen LogP contribution < -0.4 is 15.5 Å². The average molecular weight is 367 g/mol. The number of nitrogens with zero attached hydrogens (tertiary/aromatic N) is 3. The topological polar surface area (TPSA) is 62.0 Å². The van der Waals surface area contributed by atoms with Crippen molar-refractivity contribution in [1.82, 2.24) is 4.90 Å². The van der Waals surface area contributed by atoms with Crippen LogP contribution in [0.25, 0.3) is 0 Å². The normalized spacial score (nSPS) is 20.0. The lowest BCUT2D eigenvalue weighted by molar-refractivity contribution is 0.0847. The van der Waals surface area contributed by atoms with E-state index in [4.69, 9.17) is 10.5 Å². The molecule has 0 spiro atoms. The summed E-state index contributed by atoms with van der Waals surface area (Å²) in [5, 5.41) is 2.26. The summed E-state index contributed by atoms with van der Waals surface area (Å²) in [7, 11) is 2.14. The standard InChI is InChI=1S/C18H30N4O2S/c1-4-22(14-5-11-24-12-6-14)17-13(2)15(16(19)23)18(25-17)21-9-7-20(3)8-10-21/h14H,4-12H2,1-3H3,(H2,19,23). The predicted molar refractivity (Wildman–Crippen MR) is 104 cm³/mol. The molecule has 2 aliphatic heterocycles. The molecule has 0 atom stereocenters. The highest BCUT2D eigenvalue weighted by Gasteiger charge is 2.30.